The third-order valence-electron chi connectivity index (χ3n) is 5.09. The van der Waals surface area contributed by atoms with Crippen molar-refractivity contribution in [3.05, 3.63) is 72.5 Å². The molecule has 0 bridgehead atoms. The van der Waals surface area contributed by atoms with Crippen LogP contribution in [0.25, 0.3) is 27.6 Å². The number of aromatic nitrogens is 4. The molecule has 0 amide bonds. The van der Waals surface area contributed by atoms with Crippen LogP contribution in [0.4, 0.5) is 0 Å². The molecule has 8 nitrogen and oxygen atoms in total. The Morgan fingerprint density at radius 2 is 1.73 bits per heavy atom. The second kappa shape index (κ2) is 9.52. The van der Waals surface area contributed by atoms with Crippen LogP contribution in [0, 0.1) is 0 Å². The molecule has 3 heterocycles. The molecule has 0 N–H and O–H groups in total. The van der Waals surface area contributed by atoms with Gasteiger partial charge < -0.3 is 14.2 Å². The molecule has 33 heavy (non-hydrogen) atoms. The van der Waals surface area contributed by atoms with E-state index in [0.717, 1.165) is 22.0 Å². The van der Waals surface area contributed by atoms with E-state index in [0.29, 0.717) is 28.3 Å². The number of ether oxygens (including phenoxy) is 3. The van der Waals surface area contributed by atoms with E-state index in [1.807, 2.05) is 37.5 Å². The Bertz CT molecular complexity index is 1320. The summed E-state index contributed by atoms with van der Waals surface area (Å²) in [5.41, 5.74) is 4.53. The number of esters is 1. The predicted octanol–water partition coefficient (Wildman–Crippen LogP) is 4.04. The molecule has 4 rings (SSSR count). The molecule has 0 aliphatic rings. The monoisotopic (exact) mass is 444 g/mol. The lowest BCUT2D eigenvalue weighted by atomic mass is 9.99. The zero-order valence-corrected chi connectivity index (χ0v) is 18.9. The summed E-state index contributed by atoms with van der Waals surface area (Å²) in [7, 11) is 5.02. The molecule has 0 aliphatic heterocycles. The highest BCUT2D eigenvalue weighted by molar-refractivity contribution is 5.97. The Balaban J connectivity index is 1.86. The maximum absolute atomic E-state index is 12.4. The van der Waals surface area contributed by atoms with E-state index in [4.69, 9.17) is 14.2 Å². The summed E-state index contributed by atoms with van der Waals surface area (Å²) in [6.45, 7) is 2.04. The minimum Gasteiger partial charge on any atom is -0.497 e. The molecule has 0 saturated carbocycles. The largest absolute Gasteiger partial charge is 0.497 e. The Hall–Kier alpha value is -4.20. The fourth-order valence-corrected chi connectivity index (χ4v) is 3.48. The molecule has 8 heteroatoms. The smallest absolute Gasteiger partial charge is 0.331 e. The zero-order valence-electron chi connectivity index (χ0n) is 18.9. The normalized spacial score (nSPS) is 11.5. The van der Waals surface area contributed by atoms with Gasteiger partial charge in [-0.1, -0.05) is 0 Å². The van der Waals surface area contributed by atoms with E-state index >= 15 is 0 Å². The Labute approximate surface area is 191 Å². The molecule has 0 spiro atoms. The minimum atomic E-state index is -0.460. The molecule has 1 aromatic carbocycles. The van der Waals surface area contributed by atoms with Crippen LogP contribution < -0.4 is 9.47 Å². The first-order valence-electron chi connectivity index (χ1n) is 10.4. The first-order valence-corrected chi connectivity index (χ1v) is 10.4. The number of pyridine rings is 2. The molecule has 3 aromatic heterocycles. The Kier molecular flexibility index (Phi) is 6.35. The maximum atomic E-state index is 12.4. The number of rotatable bonds is 7. The Morgan fingerprint density at radius 3 is 2.36 bits per heavy atom. The first kappa shape index (κ1) is 22.0. The van der Waals surface area contributed by atoms with Crippen molar-refractivity contribution in [1.29, 1.82) is 0 Å². The molecule has 168 valence electrons. The van der Waals surface area contributed by atoms with Crippen LogP contribution in [0.2, 0.25) is 0 Å². The topological polar surface area (TPSA) is 88.4 Å². The molecule has 0 atom stereocenters. The van der Waals surface area contributed by atoms with Crippen LogP contribution in [0.1, 0.15) is 18.2 Å². The molecule has 0 aliphatic carbocycles. The molecule has 0 fully saturated rings. The van der Waals surface area contributed by atoms with E-state index in [-0.39, 0.29) is 6.61 Å². The summed E-state index contributed by atoms with van der Waals surface area (Å²) in [5.74, 6) is 0.735. The van der Waals surface area contributed by atoms with Gasteiger partial charge in [0.2, 0.25) is 0 Å². The van der Waals surface area contributed by atoms with Gasteiger partial charge in [0, 0.05) is 53.7 Å². The van der Waals surface area contributed by atoms with E-state index < -0.39 is 5.97 Å². The summed E-state index contributed by atoms with van der Waals surface area (Å²) in [5, 5.41) is 5.11. The van der Waals surface area contributed by atoms with E-state index in [1.165, 1.54) is 6.08 Å². The van der Waals surface area contributed by atoms with Crippen molar-refractivity contribution < 1.29 is 19.0 Å². The lowest BCUT2D eigenvalue weighted by Crippen LogP contribution is -2.03. The molecule has 0 radical (unpaired) electrons. The third-order valence-corrected chi connectivity index (χ3v) is 5.09. The average Bonchev–Trinajstić information content (AvgIpc) is 3.27. The van der Waals surface area contributed by atoms with Gasteiger partial charge in [0.1, 0.15) is 11.5 Å². The van der Waals surface area contributed by atoms with Gasteiger partial charge in [-0.25, -0.2) is 4.79 Å². The predicted molar refractivity (Wildman–Crippen MR) is 125 cm³/mol. The summed E-state index contributed by atoms with van der Waals surface area (Å²) in [6.07, 6.45) is 8.64. The molecule has 0 unspecified atom stereocenters. The van der Waals surface area contributed by atoms with Crippen molar-refractivity contribution in [3.8, 4) is 22.6 Å². The van der Waals surface area contributed by atoms with Crippen LogP contribution in [-0.4, -0.2) is 46.5 Å². The van der Waals surface area contributed by atoms with E-state index in [9.17, 15) is 4.79 Å². The number of fused-ring (bicyclic) bond motifs is 1. The molecule has 4 aromatic rings. The van der Waals surface area contributed by atoms with Crippen molar-refractivity contribution in [2.45, 2.75) is 6.92 Å². The van der Waals surface area contributed by atoms with Gasteiger partial charge in [-0.3, -0.25) is 14.6 Å². The van der Waals surface area contributed by atoms with Crippen molar-refractivity contribution in [1.82, 2.24) is 19.7 Å². The lowest BCUT2D eigenvalue weighted by molar-refractivity contribution is -0.137. The lowest BCUT2D eigenvalue weighted by Gasteiger charge is -2.12. The van der Waals surface area contributed by atoms with E-state index in [2.05, 4.69) is 15.1 Å². The number of carbonyl (C=O) groups excluding carboxylic acids is 1. The van der Waals surface area contributed by atoms with Crippen molar-refractivity contribution in [3.63, 3.8) is 0 Å². The summed E-state index contributed by atoms with van der Waals surface area (Å²) < 4.78 is 17.7. The van der Waals surface area contributed by atoms with Crippen LogP contribution in [0.15, 0.2) is 61.2 Å². The first-order chi connectivity index (χ1) is 16.0. The van der Waals surface area contributed by atoms with Gasteiger partial charge in [0.05, 0.1) is 44.4 Å². The van der Waals surface area contributed by atoms with Crippen molar-refractivity contribution in [2.75, 3.05) is 20.8 Å². The highest BCUT2D eigenvalue weighted by atomic mass is 16.5. The summed E-state index contributed by atoms with van der Waals surface area (Å²) >= 11 is 0. The van der Waals surface area contributed by atoms with Gasteiger partial charge in [-0.15, -0.1) is 0 Å². The zero-order chi connectivity index (χ0) is 23.4. The van der Waals surface area contributed by atoms with Crippen molar-refractivity contribution >= 4 is 22.4 Å². The maximum Gasteiger partial charge on any atom is 0.331 e. The van der Waals surface area contributed by atoms with Crippen LogP contribution >= 0.6 is 0 Å². The fraction of sp³-hybridized carbons (Fsp3) is 0.200. The van der Waals surface area contributed by atoms with Gasteiger partial charge in [0.25, 0.3) is 0 Å². The van der Waals surface area contributed by atoms with E-state index in [1.54, 1.807) is 50.5 Å². The molecular weight excluding hydrogens is 420 g/mol. The number of nitrogens with zero attached hydrogens (tertiary/aromatic N) is 4. The minimum absolute atomic E-state index is 0.271. The molecule has 0 saturated heterocycles. The van der Waals surface area contributed by atoms with Gasteiger partial charge >= 0.3 is 5.97 Å². The van der Waals surface area contributed by atoms with Crippen LogP contribution in [0.3, 0.4) is 0 Å². The summed E-state index contributed by atoms with van der Waals surface area (Å²) in [4.78, 5) is 21.5. The van der Waals surface area contributed by atoms with Gasteiger partial charge in [-0.05, 0) is 36.8 Å². The average molecular weight is 444 g/mol. The number of methoxy groups -OCH3 is 2. The second-order valence-electron chi connectivity index (χ2n) is 7.30. The standard InChI is InChI=1S/C25H24N4O4/c1-5-33-25(30)11-22(16-7-20(31-3)10-21(8-16)32-4)23-9-17-6-18(12-26-24(17)14-27-23)19-13-28-29(2)15-19/h6-15H,5H2,1-4H3. The number of benzene rings is 1. The SMILES string of the molecule is CCOC(=O)C=C(c1cc(OC)cc(OC)c1)c1cc2cc(-c3cnn(C)c3)cnc2cn1. The third kappa shape index (κ3) is 4.85. The summed E-state index contributed by atoms with van der Waals surface area (Å²) in [6, 6.07) is 9.34. The quantitative estimate of drug-likeness (QED) is 0.314. The van der Waals surface area contributed by atoms with Crippen LogP contribution in [0.5, 0.6) is 11.5 Å². The number of carbonyl (C=O) groups is 1. The van der Waals surface area contributed by atoms with Crippen LogP contribution in [-0.2, 0) is 16.6 Å². The molecular formula is C25H24N4O4. The Morgan fingerprint density at radius 1 is 0.970 bits per heavy atom. The highest BCUT2D eigenvalue weighted by Crippen LogP contribution is 2.32. The van der Waals surface area contributed by atoms with Gasteiger partial charge in [0.15, 0.2) is 0 Å². The fourth-order valence-electron chi connectivity index (χ4n) is 3.48. The van der Waals surface area contributed by atoms with Gasteiger partial charge in [-0.2, -0.15) is 5.10 Å². The highest BCUT2D eigenvalue weighted by Gasteiger charge is 2.14. The number of aryl methyl sites for hydroxylation is 1. The number of hydrogen-bond donors (Lipinski definition) is 0. The van der Waals surface area contributed by atoms with Crippen molar-refractivity contribution in [2.24, 2.45) is 7.05 Å². The second-order valence-corrected chi connectivity index (χ2v) is 7.30. The number of hydrogen-bond acceptors (Lipinski definition) is 7.